The van der Waals surface area contributed by atoms with Gasteiger partial charge in [-0.25, -0.2) is 0 Å². The van der Waals surface area contributed by atoms with Crippen LogP contribution in [-0.2, 0) is 6.54 Å². The first-order chi connectivity index (χ1) is 8.29. The average Bonchev–Trinajstić information content (AvgIpc) is 2.97. The summed E-state index contributed by atoms with van der Waals surface area (Å²) in [7, 11) is 2.24. The van der Waals surface area contributed by atoms with Crippen molar-refractivity contribution in [3.05, 3.63) is 21.9 Å². The van der Waals surface area contributed by atoms with Crippen LogP contribution in [0.5, 0.6) is 0 Å². The fourth-order valence-corrected chi connectivity index (χ4v) is 3.33. The zero-order valence-electron chi connectivity index (χ0n) is 10.4. The van der Waals surface area contributed by atoms with E-state index in [9.17, 15) is 0 Å². The predicted molar refractivity (Wildman–Crippen MR) is 74.0 cm³/mol. The summed E-state index contributed by atoms with van der Waals surface area (Å²) in [6.07, 6.45) is 5.52. The molecule has 1 heterocycles. The number of hydrogen-bond donors (Lipinski definition) is 1. The summed E-state index contributed by atoms with van der Waals surface area (Å²) in [5, 5.41) is 0. The molecule has 17 heavy (non-hydrogen) atoms. The topological polar surface area (TPSA) is 29.3 Å². The monoisotopic (exact) mass is 248 g/mol. The number of nitrogens with zero attached hydrogens (tertiary/aromatic N) is 1. The van der Waals surface area contributed by atoms with Crippen molar-refractivity contribution < 1.29 is 0 Å². The highest BCUT2D eigenvalue weighted by Gasteiger charge is 2.19. The average molecular weight is 248 g/mol. The number of nitrogens with two attached hydrogens (primary N) is 1. The van der Waals surface area contributed by atoms with Gasteiger partial charge in [-0.3, -0.25) is 4.90 Å². The molecule has 3 heteroatoms. The van der Waals surface area contributed by atoms with Crippen LogP contribution in [0.15, 0.2) is 12.1 Å². The molecule has 1 aliphatic carbocycles. The van der Waals surface area contributed by atoms with Crippen LogP contribution in [0.3, 0.4) is 0 Å². The first-order valence-electron chi connectivity index (χ1n) is 6.27. The molecule has 2 rings (SSSR count). The maximum atomic E-state index is 5.37. The van der Waals surface area contributed by atoms with E-state index in [1.54, 1.807) is 11.3 Å². The molecule has 0 aliphatic heterocycles. The van der Waals surface area contributed by atoms with Crippen LogP contribution in [0.2, 0.25) is 0 Å². The highest BCUT2D eigenvalue weighted by atomic mass is 32.1. The maximum Gasteiger partial charge on any atom is 0.0772 e. The first kappa shape index (κ1) is 12.6. The SMILES string of the molecule is CN(Cc1ccc(C#CCN)s1)C1CCCC1. The van der Waals surface area contributed by atoms with Crippen molar-refractivity contribution in [1.82, 2.24) is 4.90 Å². The Kier molecular flexibility index (Phi) is 4.61. The molecule has 0 spiro atoms. The maximum absolute atomic E-state index is 5.37. The van der Waals surface area contributed by atoms with Crippen LogP contribution in [0.25, 0.3) is 0 Å². The third-order valence-electron chi connectivity index (χ3n) is 3.33. The number of rotatable bonds is 3. The summed E-state index contributed by atoms with van der Waals surface area (Å²) in [6.45, 7) is 1.49. The zero-order valence-corrected chi connectivity index (χ0v) is 11.2. The van der Waals surface area contributed by atoms with Crippen LogP contribution in [0, 0.1) is 11.8 Å². The molecule has 0 unspecified atom stereocenters. The lowest BCUT2D eigenvalue weighted by Crippen LogP contribution is -2.28. The van der Waals surface area contributed by atoms with Gasteiger partial charge in [-0.15, -0.1) is 11.3 Å². The van der Waals surface area contributed by atoms with Crippen molar-refractivity contribution in [2.75, 3.05) is 13.6 Å². The molecule has 0 amide bonds. The summed E-state index contributed by atoms with van der Waals surface area (Å²) in [5.74, 6) is 5.99. The number of thiophene rings is 1. The van der Waals surface area contributed by atoms with E-state index in [4.69, 9.17) is 5.73 Å². The van der Waals surface area contributed by atoms with Crippen molar-refractivity contribution in [3.8, 4) is 11.8 Å². The predicted octanol–water partition coefficient (Wildman–Crippen LogP) is 2.43. The zero-order chi connectivity index (χ0) is 12.1. The molecular formula is C14H20N2S. The number of hydrogen-bond acceptors (Lipinski definition) is 3. The first-order valence-corrected chi connectivity index (χ1v) is 7.09. The van der Waals surface area contributed by atoms with E-state index >= 15 is 0 Å². The lowest BCUT2D eigenvalue weighted by Gasteiger charge is -2.23. The van der Waals surface area contributed by atoms with Gasteiger partial charge in [-0.1, -0.05) is 24.7 Å². The van der Waals surface area contributed by atoms with Gasteiger partial charge in [0.2, 0.25) is 0 Å². The van der Waals surface area contributed by atoms with E-state index in [1.165, 1.54) is 30.6 Å². The normalized spacial score (nSPS) is 16.2. The van der Waals surface area contributed by atoms with Crippen LogP contribution in [0.1, 0.15) is 35.4 Å². The molecule has 0 atom stereocenters. The van der Waals surface area contributed by atoms with Crippen molar-refractivity contribution >= 4 is 11.3 Å². The molecule has 2 N–H and O–H groups in total. The van der Waals surface area contributed by atoms with Gasteiger partial charge in [0.25, 0.3) is 0 Å². The quantitative estimate of drug-likeness (QED) is 0.833. The molecule has 1 aromatic rings. The van der Waals surface area contributed by atoms with Crippen molar-refractivity contribution in [3.63, 3.8) is 0 Å². The minimum atomic E-state index is 0.440. The fraction of sp³-hybridized carbons (Fsp3) is 0.571. The Morgan fingerprint density at radius 3 is 2.88 bits per heavy atom. The Balaban J connectivity index is 1.91. The summed E-state index contributed by atoms with van der Waals surface area (Å²) in [5.41, 5.74) is 5.37. The van der Waals surface area contributed by atoms with E-state index in [-0.39, 0.29) is 0 Å². The van der Waals surface area contributed by atoms with Gasteiger partial charge < -0.3 is 5.73 Å². The van der Waals surface area contributed by atoms with E-state index < -0.39 is 0 Å². The summed E-state index contributed by atoms with van der Waals surface area (Å²) in [6, 6.07) is 5.08. The molecule has 0 saturated heterocycles. The molecule has 1 saturated carbocycles. The van der Waals surface area contributed by atoms with E-state index in [1.807, 2.05) is 0 Å². The molecule has 1 aromatic heterocycles. The molecule has 1 fully saturated rings. The van der Waals surface area contributed by atoms with Crippen molar-refractivity contribution in [2.45, 2.75) is 38.3 Å². The van der Waals surface area contributed by atoms with Gasteiger partial charge >= 0.3 is 0 Å². The largest absolute Gasteiger partial charge is 0.320 e. The lowest BCUT2D eigenvalue weighted by atomic mass is 10.2. The molecule has 0 radical (unpaired) electrons. The van der Waals surface area contributed by atoms with Gasteiger partial charge in [-0.2, -0.15) is 0 Å². The van der Waals surface area contributed by atoms with E-state index in [0.29, 0.717) is 6.54 Å². The van der Waals surface area contributed by atoms with E-state index in [0.717, 1.165) is 17.5 Å². The van der Waals surface area contributed by atoms with Gasteiger partial charge in [-0.05, 0) is 32.0 Å². The van der Waals surface area contributed by atoms with Gasteiger partial charge in [0.15, 0.2) is 0 Å². The Labute approximate surface area is 108 Å². The summed E-state index contributed by atoms with van der Waals surface area (Å²) >= 11 is 1.79. The van der Waals surface area contributed by atoms with Crippen LogP contribution < -0.4 is 5.73 Å². The molecular weight excluding hydrogens is 228 g/mol. The Morgan fingerprint density at radius 1 is 1.41 bits per heavy atom. The molecule has 2 nitrogen and oxygen atoms in total. The van der Waals surface area contributed by atoms with Crippen molar-refractivity contribution in [1.29, 1.82) is 0 Å². The van der Waals surface area contributed by atoms with Crippen LogP contribution in [-0.4, -0.2) is 24.5 Å². The second kappa shape index (κ2) is 6.20. The second-order valence-electron chi connectivity index (χ2n) is 4.63. The fourth-order valence-electron chi connectivity index (χ4n) is 2.39. The summed E-state index contributed by atoms with van der Waals surface area (Å²) < 4.78 is 0. The Bertz CT molecular complexity index is 407. The van der Waals surface area contributed by atoms with Gasteiger partial charge in [0, 0.05) is 17.5 Å². The molecule has 0 bridgehead atoms. The van der Waals surface area contributed by atoms with Crippen molar-refractivity contribution in [2.24, 2.45) is 5.73 Å². The van der Waals surface area contributed by atoms with E-state index in [2.05, 4.69) is 35.9 Å². The third-order valence-corrected chi connectivity index (χ3v) is 4.31. The van der Waals surface area contributed by atoms with Gasteiger partial charge in [0.1, 0.15) is 0 Å². The Hall–Kier alpha value is -0.820. The highest BCUT2D eigenvalue weighted by molar-refractivity contribution is 7.12. The highest BCUT2D eigenvalue weighted by Crippen LogP contribution is 2.25. The Morgan fingerprint density at radius 2 is 2.18 bits per heavy atom. The second-order valence-corrected chi connectivity index (χ2v) is 5.79. The minimum absolute atomic E-state index is 0.440. The lowest BCUT2D eigenvalue weighted by molar-refractivity contribution is 0.239. The van der Waals surface area contributed by atoms with Crippen LogP contribution in [0.4, 0.5) is 0 Å². The minimum Gasteiger partial charge on any atom is -0.320 e. The van der Waals surface area contributed by atoms with Gasteiger partial charge in [0.05, 0.1) is 11.4 Å². The van der Waals surface area contributed by atoms with Crippen LogP contribution >= 0.6 is 11.3 Å². The standard InChI is InChI=1S/C14H20N2S/c1-16(12-5-2-3-6-12)11-14-9-8-13(17-14)7-4-10-15/h8-9,12H,2-3,5-6,10-11,15H2,1H3. The third kappa shape index (κ3) is 3.57. The smallest absolute Gasteiger partial charge is 0.0772 e. The molecule has 1 aliphatic rings. The summed E-state index contributed by atoms with van der Waals surface area (Å²) in [4.78, 5) is 5.02. The molecule has 0 aromatic carbocycles. The molecule has 92 valence electrons.